The zero-order chi connectivity index (χ0) is 13.7. The molecule has 4 heteroatoms. The van der Waals surface area contributed by atoms with Crippen LogP contribution in [0, 0.1) is 5.82 Å². The van der Waals surface area contributed by atoms with Gasteiger partial charge in [0, 0.05) is 11.4 Å². The van der Waals surface area contributed by atoms with Crippen molar-refractivity contribution >= 4 is 11.6 Å². The van der Waals surface area contributed by atoms with Gasteiger partial charge < -0.3 is 9.47 Å². The number of benzene rings is 2. The largest absolute Gasteiger partial charge is 0.496 e. The lowest BCUT2D eigenvalue weighted by molar-refractivity contribution is 0.282. The summed E-state index contributed by atoms with van der Waals surface area (Å²) in [5.41, 5.74) is 1.59. The minimum Gasteiger partial charge on any atom is -0.496 e. The van der Waals surface area contributed by atoms with E-state index in [4.69, 9.17) is 21.1 Å². The highest BCUT2D eigenvalue weighted by molar-refractivity contribution is 6.17. The Balaban J connectivity index is 2.10. The van der Waals surface area contributed by atoms with Crippen LogP contribution in [0.2, 0.25) is 0 Å². The summed E-state index contributed by atoms with van der Waals surface area (Å²) < 4.78 is 24.4. The van der Waals surface area contributed by atoms with Crippen LogP contribution in [0.5, 0.6) is 11.5 Å². The molecule has 2 aromatic rings. The lowest BCUT2D eigenvalue weighted by atomic mass is 10.2. The van der Waals surface area contributed by atoms with Gasteiger partial charge in [0.2, 0.25) is 0 Å². The fourth-order valence-electron chi connectivity index (χ4n) is 1.72. The molecule has 0 saturated heterocycles. The summed E-state index contributed by atoms with van der Waals surface area (Å²) in [4.78, 5) is 0. The lowest BCUT2D eigenvalue weighted by Crippen LogP contribution is -2.00. The minimum absolute atomic E-state index is 0.208. The maximum Gasteiger partial charge on any atom is 0.165 e. The maximum absolute atomic E-state index is 13.7. The molecule has 2 aromatic carbocycles. The van der Waals surface area contributed by atoms with E-state index in [1.54, 1.807) is 19.2 Å². The standard InChI is InChI=1S/C15H14ClFO2/c1-18-14-5-3-2-4-12(14)10-19-15-7-6-11(9-16)8-13(15)17/h2-8H,9-10H2,1H3. The Kier molecular flexibility index (Phi) is 4.63. The second-order valence-corrected chi connectivity index (χ2v) is 4.27. The summed E-state index contributed by atoms with van der Waals surface area (Å²) in [7, 11) is 1.59. The number of methoxy groups -OCH3 is 1. The Hall–Kier alpha value is -1.74. The first kappa shape index (κ1) is 13.7. The summed E-state index contributed by atoms with van der Waals surface area (Å²) in [5, 5.41) is 0. The third kappa shape index (κ3) is 3.38. The van der Waals surface area contributed by atoms with Gasteiger partial charge in [-0.3, -0.25) is 0 Å². The molecule has 0 radical (unpaired) electrons. The van der Waals surface area contributed by atoms with Gasteiger partial charge in [-0.25, -0.2) is 4.39 Å². The molecule has 0 atom stereocenters. The van der Waals surface area contributed by atoms with Crippen LogP contribution in [0.25, 0.3) is 0 Å². The van der Waals surface area contributed by atoms with Gasteiger partial charge in [-0.2, -0.15) is 0 Å². The summed E-state index contributed by atoms with van der Waals surface area (Å²) >= 11 is 5.64. The van der Waals surface area contributed by atoms with Gasteiger partial charge in [0.05, 0.1) is 7.11 Å². The molecule has 0 spiro atoms. The highest BCUT2D eigenvalue weighted by atomic mass is 35.5. The van der Waals surface area contributed by atoms with Crippen molar-refractivity contribution in [3.05, 3.63) is 59.4 Å². The molecule has 0 aliphatic rings. The average Bonchev–Trinajstić information content (AvgIpc) is 2.46. The van der Waals surface area contributed by atoms with Crippen LogP contribution in [0.3, 0.4) is 0 Å². The smallest absolute Gasteiger partial charge is 0.165 e. The first-order valence-corrected chi connectivity index (χ1v) is 6.37. The molecular formula is C15H14ClFO2. The average molecular weight is 281 g/mol. The number of hydrogen-bond acceptors (Lipinski definition) is 2. The van der Waals surface area contributed by atoms with Gasteiger partial charge in [0.1, 0.15) is 12.4 Å². The van der Waals surface area contributed by atoms with Crippen LogP contribution in [0.15, 0.2) is 42.5 Å². The number of ether oxygens (including phenoxy) is 2. The Morgan fingerprint density at radius 2 is 1.89 bits per heavy atom. The fourth-order valence-corrected chi connectivity index (χ4v) is 1.89. The topological polar surface area (TPSA) is 18.5 Å². The van der Waals surface area contributed by atoms with Crippen molar-refractivity contribution in [1.29, 1.82) is 0 Å². The number of rotatable bonds is 5. The van der Waals surface area contributed by atoms with E-state index in [2.05, 4.69) is 0 Å². The Morgan fingerprint density at radius 1 is 1.11 bits per heavy atom. The molecule has 19 heavy (non-hydrogen) atoms. The van der Waals surface area contributed by atoms with Crippen molar-refractivity contribution in [2.24, 2.45) is 0 Å². The normalized spacial score (nSPS) is 10.3. The second kappa shape index (κ2) is 6.43. The molecule has 0 heterocycles. The molecule has 100 valence electrons. The van der Waals surface area contributed by atoms with Crippen LogP contribution in [-0.2, 0) is 12.5 Å². The van der Waals surface area contributed by atoms with Crippen LogP contribution in [0.1, 0.15) is 11.1 Å². The van der Waals surface area contributed by atoms with Crippen molar-refractivity contribution in [2.75, 3.05) is 7.11 Å². The quantitative estimate of drug-likeness (QED) is 0.766. The Labute approximate surface area is 116 Å². The molecule has 0 N–H and O–H groups in total. The monoisotopic (exact) mass is 280 g/mol. The van der Waals surface area contributed by atoms with E-state index >= 15 is 0 Å². The molecule has 0 aromatic heterocycles. The molecule has 0 saturated carbocycles. The van der Waals surface area contributed by atoms with Crippen LogP contribution >= 0.6 is 11.6 Å². The molecule has 0 amide bonds. The van der Waals surface area contributed by atoms with Gasteiger partial charge in [-0.05, 0) is 23.8 Å². The first-order chi connectivity index (χ1) is 9.24. The maximum atomic E-state index is 13.7. The van der Waals surface area contributed by atoms with Gasteiger partial charge in [0.15, 0.2) is 11.6 Å². The summed E-state index contributed by atoms with van der Waals surface area (Å²) in [6, 6.07) is 12.2. The molecular weight excluding hydrogens is 267 g/mol. The molecule has 2 rings (SSSR count). The van der Waals surface area contributed by atoms with Gasteiger partial charge >= 0.3 is 0 Å². The van der Waals surface area contributed by atoms with E-state index in [9.17, 15) is 4.39 Å². The first-order valence-electron chi connectivity index (χ1n) is 5.83. The zero-order valence-corrected chi connectivity index (χ0v) is 11.3. The van der Waals surface area contributed by atoms with E-state index < -0.39 is 5.82 Å². The zero-order valence-electron chi connectivity index (χ0n) is 10.5. The van der Waals surface area contributed by atoms with Gasteiger partial charge in [-0.15, -0.1) is 11.6 Å². The number of halogens is 2. The summed E-state index contributed by atoms with van der Waals surface area (Å²) in [5.74, 6) is 0.803. The van der Waals surface area contributed by atoms with E-state index in [1.807, 2.05) is 24.3 Å². The van der Waals surface area contributed by atoms with Crippen molar-refractivity contribution in [3.63, 3.8) is 0 Å². The van der Waals surface area contributed by atoms with Gasteiger partial charge in [0.25, 0.3) is 0 Å². The van der Waals surface area contributed by atoms with Crippen molar-refractivity contribution in [3.8, 4) is 11.5 Å². The van der Waals surface area contributed by atoms with Crippen LogP contribution in [0.4, 0.5) is 4.39 Å². The highest BCUT2D eigenvalue weighted by Crippen LogP contribution is 2.23. The van der Waals surface area contributed by atoms with E-state index in [0.717, 1.165) is 16.9 Å². The third-order valence-corrected chi connectivity index (χ3v) is 3.03. The van der Waals surface area contributed by atoms with Crippen molar-refractivity contribution in [1.82, 2.24) is 0 Å². The Morgan fingerprint density at radius 3 is 2.58 bits per heavy atom. The molecule has 0 aliphatic carbocycles. The predicted octanol–water partition coefficient (Wildman–Crippen LogP) is 4.15. The highest BCUT2D eigenvalue weighted by Gasteiger charge is 2.07. The van der Waals surface area contributed by atoms with Crippen LogP contribution < -0.4 is 9.47 Å². The predicted molar refractivity (Wildman–Crippen MR) is 73.3 cm³/mol. The SMILES string of the molecule is COc1ccccc1COc1ccc(CCl)cc1F. The second-order valence-electron chi connectivity index (χ2n) is 4.00. The number of hydrogen-bond donors (Lipinski definition) is 0. The molecule has 0 aliphatic heterocycles. The Bertz CT molecular complexity index is 558. The van der Waals surface area contributed by atoms with E-state index in [0.29, 0.717) is 0 Å². The number of alkyl halides is 1. The molecule has 0 bridgehead atoms. The lowest BCUT2D eigenvalue weighted by Gasteiger charge is -2.11. The molecule has 2 nitrogen and oxygen atoms in total. The molecule has 0 unspecified atom stereocenters. The summed E-state index contributed by atoms with van der Waals surface area (Å²) in [6.45, 7) is 0.251. The van der Waals surface area contributed by atoms with Crippen LogP contribution in [-0.4, -0.2) is 7.11 Å². The van der Waals surface area contributed by atoms with Gasteiger partial charge in [-0.1, -0.05) is 24.3 Å². The van der Waals surface area contributed by atoms with E-state index in [-0.39, 0.29) is 18.2 Å². The third-order valence-electron chi connectivity index (χ3n) is 2.73. The fraction of sp³-hybridized carbons (Fsp3) is 0.200. The summed E-state index contributed by atoms with van der Waals surface area (Å²) in [6.07, 6.45) is 0. The minimum atomic E-state index is -0.409. The van der Waals surface area contributed by atoms with Crippen molar-refractivity contribution in [2.45, 2.75) is 12.5 Å². The van der Waals surface area contributed by atoms with E-state index in [1.165, 1.54) is 6.07 Å². The number of para-hydroxylation sites is 1. The molecule has 0 fully saturated rings. The van der Waals surface area contributed by atoms with Crippen molar-refractivity contribution < 1.29 is 13.9 Å².